The Morgan fingerprint density at radius 3 is 2.44 bits per heavy atom. The average molecular weight is 438 g/mol. The Morgan fingerprint density at radius 1 is 1.16 bits per heavy atom. The lowest BCUT2D eigenvalue weighted by atomic mass is 9.96. The summed E-state index contributed by atoms with van der Waals surface area (Å²) in [5, 5.41) is 8.87. The van der Waals surface area contributed by atoms with E-state index in [1.54, 1.807) is 43.5 Å². The van der Waals surface area contributed by atoms with Crippen molar-refractivity contribution in [2.75, 3.05) is 24.6 Å². The van der Waals surface area contributed by atoms with Crippen molar-refractivity contribution in [1.29, 1.82) is 5.26 Å². The highest BCUT2D eigenvalue weighted by Crippen LogP contribution is 2.22. The van der Waals surface area contributed by atoms with Crippen LogP contribution in [0.25, 0.3) is 0 Å². The molecular formula is C23H27N5O4. The van der Waals surface area contributed by atoms with Gasteiger partial charge in [0.25, 0.3) is 5.91 Å². The van der Waals surface area contributed by atoms with Crippen molar-refractivity contribution in [2.24, 2.45) is 5.92 Å². The van der Waals surface area contributed by atoms with Crippen LogP contribution >= 0.6 is 0 Å². The molecule has 1 aliphatic heterocycles. The predicted octanol–water partition coefficient (Wildman–Crippen LogP) is 2.18. The number of rotatable bonds is 7. The summed E-state index contributed by atoms with van der Waals surface area (Å²) in [6.45, 7) is 5.43. The van der Waals surface area contributed by atoms with Gasteiger partial charge in [0.05, 0.1) is 12.2 Å². The number of hydrogen-bond donors (Lipinski definition) is 2. The number of hydrogen-bond acceptors (Lipinski definition) is 7. The molecule has 0 bridgehead atoms. The van der Waals surface area contributed by atoms with Crippen molar-refractivity contribution < 1.29 is 19.1 Å². The predicted molar refractivity (Wildman–Crippen MR) is 118 cm³/mol. The van der Waals surface area contributed by atoms with E-state index in [-0.39, 0.29) is 11.8 Å². The van der Waals surface area contributed by atoms with Gasteiger partial charge < -0.3 is 14.4 Å². The number of carbonyl (C=O) groups excluding carboxylic acids is 2. The quantitative estimate of drug-likeness (QED) is 0.638. The number of nitrogens with zero attached hydrogens (tertiary/aromatic N) is 3. The number of aromatic nitrogens is 1. The van der Waals surface area contributed by atoms with Gasteiger partial charge in [0, 0.05) is 25.2 Å². The van der Waals surface area contributed by atoms with Crippen molar-refractivity contribution in [3.63, 3.8) is 0 Å². The Kier molecular flexibility index (Phi) is 7.86. The van der Waals surface area contributed by atoms with E-state index in [4.69, 9.17) is 14.7 Å². The van der Waals surface area contributed by atoms with Gasteiger partial charge in [-0.15, -0.1) is 0 Å². The van der Waals surface area contributed by atoms with E-state index in [2.05, 4.69) is 20.7 Å². The summed E-state index contributed by atoms with van der Waals surface area (Å²) in [6.07, 6.45) is 2.04. The molecule has 1 aliphatic rings. The van der Waals surface area contributed by atoms with E-state index in [1.165, 1.54) is 0 Å². The third-order valence-electron chi connectivity index (χ3n) is 5.19. The smallest absolute Gasteiger partial charge is 0.279 e. The maximum Gasteiger partial charge on any atom is 0.279 e. The van der Waals surface area contributed by atoms with E-state index in [9.17, 15) is 9.59 Å². The SMILES string of the molecule is CCOc1ccc(OC(C)C(=O)NNC(=O)C2CCN(c3ccc(C#N)cn3)CC2)cc1. The van der Waals surface area contributed by atoms with Crippen molar-refractivity contribution in [3.05, 3.63) is 48.2 Å². The molecular weight excluding hydrogens is 410 g/mol. The van der Waals surface area contributed by atoms with Gasteiger partial charge in [-0.05, 0) is 63.1 Å². The zero-order valence-corrected chi connectivity index (χ0v) is 18.2. The minimum Gasteiger partial charge on any atom is -0.494 e. The lowest BCUT2D eigenvalue weighted by Gasteiger charge is -2.32. The molecule has 9 nitrogen and oxygen atoms in total. The van der Waals surface area contributed by atoms with Gasteiger partial charge in [-0.1, -0.05) is 0 Å². The number of piperidine rings is 1. The maximum absolute atomic E-state index is 12.5. The molecule has 2 N–H and O–H groups in total. The van der Waals surface area contributed by atoms with Crippen LogP contribution in [0.2, 0.25) is 0 Å². The van der Waals surface area contributed by atoms with Gasteiger partial charge in [-0.2, -0.15) is 5.26 Å². The fraction of sp³-hybridized carbons (Fsp3) is 0.391. The number of benzene rings is 1. The van der Waals surface area contributed by atoms with Gasteiger partial charge in [0.1, 0.15) is 23.4 Å². The molecule has 32 heavy (non-hydrogen) atoms. The van der Waals surface area contributed by atoms with Crippen LogP contribution in [0.4, 0.5) is 5.82 Å². The third-order valence-corrected chi connectivity index (χ3v) is 5.19. The molecule has 2 aromatic rings. The zero-order chi connectivity index (χ0) is 22.9. The second-order valence-electron chi connectivity index (χ2n) is 7.42. The first-order chi connectivity index (χ1) is 15.5. The van der Waals surface area contributed by atoms with Crippen LogP contribution in [0.5, 0.6) is 11.5 Å². The minimum atomic E-state index is -0.780. The van der Waals surface area contributed by atoms with E-state index in [1.807, 2.05) is 19.1 Å². The Bertz CT molecular complexity index is 948. The molecule has 3 rings (SSSR count). The average Bonchev–Trinajstić information content (AvgIpc) is 2.83. The lowest BCUT2D eigenvalue weighted by molar-refractivity contribution is -0.134. The van der Waals surface area contributed by atoms with Crippen LogP contribution in [0.3, 0.4) is 0 Å². The number of nitriles is 1. The van der Waals surface area contributed by atoms with Gasteiger partial charge >= 0.3 is 0 Å². The number of ether oxygens (including phenoxy) is 2. The summed E-state index contributed by atoms with van der Waals surface area (Å²) in [7, 11) is 0. The standard InChI is InChI=1S/C23H27N5O4/c1-3-31-19-5-7-20(8-6-19)32-16(2)22(29)26-27-23(30)18-10-12-28(13-11-18)21-9-4-17(14-24)15-25-21/h4-9,15-16,18H,3,10-13H2,1-2H3,(H,26,29)(H,27,30). The van der Waals surface area contributed by atoms with Crippen molar-refractivity contribution >= 4 is 17.6 Å². The molecule has 168 valence electrons. The molecule has 1 aromatic heterocycles. The lowest BCUT2D eigenvalue weighted by Crippen LogP contribution is -2.50. The van der Waals surface area contributed by atoms with Crippen molar-refractivity contribution in [2.45, 2.75) is 32.8 Å². The summed E-state index contributed by atoms with van der Waals surface area (Å²) in [5.41, 5.74) is 5.46. The third kappa shape index (κ3) is 6.11. The van der Waals surface area contributed by atoms with Crippen LogP contribution in [0, 0.1) is 17.2 Å². The molecule has 2 heterocycles. The van der Waals surface area contributed by atoms with Gasteiger partial charge in [0.2, 0.25) is 5.91 Å². The van der Waals surface area contributed by atoms with Crippen molar-refractivity contribution in [1.82, 2.24) is 15.8 Å². The molecule has 1 saturated heterocycles. The fourth-order valence-corrected chi connectivity index (χ4v) is 3.38. The van der Waals surface area contributed by atoms with E-state index < -0.39 is 12.0 Å². The number of pyridine rings is 1. The molecule has 0 radical (unpaired) electrons. The summed E-state index contributed by atoms with van der Waals surface area (Å²) in [5.74, 6) is 1.19. The molecule has 0 aliphatic carbocycles. The first-order valence-corrected chi connectivity index (χ1v) is 10.6. The Labute approximate surface area is 187 Å². The highest BCUT2D eigenvalue weighted by Gasteiger charge is 2.26. The number of carbonyl (C=O) groups is 2. The second kappa shape index (κ2) is 11.0. The van der Waals surface area contributed by atoms with E-state index >= 15 is 0 Å². The zero-order valence-electron chi connectivity index (χ0n) is 18.2. The fourth-order valence-electron chi connectivity index (χ4n) is 3.38. The van der Waals surface area contributed by atoms with Crippen molar-refractivity contribution in [3.8, 4) is 17.6 Å². The number of nitrogens with one attached hydrogen (secondary N) is 2. The van der Waals surface area contributed by atoms with E-state index in [0.29, 0.717) is 43.9 Å². The van der Waals surface area contributed by atoms with Crippen LogP contribution in [0.15, 0.2) is 42.6 Å². The topological polar surface area (TPSA) is 117 Å². The maximum atomic E-state index is 12.5. The molecule has 9 heteroatoms. The Balaban J connectivity index is 1.41. The van der Waals surface area contributed by atoms with Crippen LogP contribution in [-0.4, -0.2) is 42.6 Å². The summed E-state index contributed by atoms with van der Waals surface area (Å²) >= 11 is 0. The summed E-state index contributed by atoms with van der Waals surface area (Å²) < 4.78 is 11.0. The number of hydrazine groups is 1. The molecule has 1 atom stereocenters. The van der Waals surface area contributed by atoms with Gasteiger partial charge in [-0.3, -0.25) is 20.4 Å². The normalized spacial score (nSPS) is 14.7. The molecule has 0 saturated carbocycles. The summed E-state index contributed by atoms with van der Waals surface area (Å²) in [4.78, 5) is 31.1. The summed E-state index contributed by atoms with van der Waals surface area (Å²) in [6, 6.07) is 12.6. The Morgan fingerprint density at radius 2 is 1.84 bits per heavy atom. The number of amides is 2. The Hall–Kier alpha value is -3.80. The minimum absolute atomic E-state index is 0.202. The molecule has 1 fully saturated rings. The number of anilines is 1. The molecule has 0 spiro atoms. The monoisotopic (exact) mass is 437 g/mol. The largest absolute Gasteiger partial charge is 0.494 e. The highest BCUT2D eigenvalue weighted by atomic mass is 16.5. The first kappa shape index (κ1) is 22.9. The van der Waals surface area contributed by atoms with E-state index in [0.717, 1.165) is 11.6 Å². The molecule has 2 amide bonds. The van der Waals surface area contributed by atoms with Crippen LogP contribution in [0.1, 0.15) is 32.3 Å². The van der Waals surface area contributed by atoms with Gasteiger partial charge in [0.15, 0.2) is 6.10 Å². The first-order valence-electron chi connectivity index (χ1n) is 10.6. The molecule has 1 unspecified atom stereocenters. The molecule has 1 aromatic carbocycles. The van der Waals surface area contributed by atoms with Crippen LogP contribution in [-0.2, 0) is 9.59 Å². The highest BCUT2D eigenvalue weighted by molar-refractivity contribution is 5.85. The second-order valence-corrected chi connectivity index (χ2v) is 7.42. The van der Waals surface area contributed by atoms with Crippen LogP contribution < -0.4 is 25.2 Å². The van der Waals surface area contributed by atoms with Gasteiger partial charge in [-0.25, -0.2) is 4.98 Å².